The molecule has 1 saturated heterocycles. The Morgan fingerprint density at radius 3 is 3.08 bits per heavy atom. The summed E-state index contributed by atoms with van der Waals surface area (Å²) >= 11 is 0. The van der Waals surface area contributed by atoms with Gasteiger partial charge in [-0.1, -0.05) is 0 Å². The van der Waals surface area contributed by atoms with Crippen LogP contribution in [0.3, 0.4) is 0 Å². The normalized spacial score (nSPS) is 25.2. The van der Waals surface area contributed by atoms with Crippen molar-refractivity contribution in [1.82, 2.24) is 30.0 Å². The summed E-state index contributed by atoms with van der Waals surface area (Å²) in [6.07, 6.45) is 3.83. The van der Waals surface area contributed by atoms with Gasteiger partial charge in [0.05, 0.1) is 12.6 Å². The molecule has 2 aliphatic heterocycles. The molecule has 2 aromatic heterocycles. The number of carbonyl (C=O) groups excluding carboxylic acids is 1. The third kappa shape index (κ3) is 3.38. The van der Waals surface area contributed by atoms with Crippen molar-refractivity contribution in [1.29, 1.82) is 0 Å². The van der Waals surface area contributed by atoms with Crippen molar-refractivity contribution in [2.45, 2.75) is 44.9 Å². The standard InChI is InChI=1S/C17H22FN7O/c1-11-4-15(21-9-20-11)24-8-13(18)6-14(24)7-19-17(26)12-2-3-25-16(5-12)22-10-23-25/h4,9-10,12-14H,2-3,5-8H2,1H3,(H,19,26)/t12?,13-,14-/m0/s1. The van der Waals surface area contributed by atoms with Crippen molar-refractivity contribution < 1.29 is 9.18 Å². The van der Waals surface area contributed by atoms with Gasteiger partial charge >= 0.3 is 0 Å². The van der Waals surface area contributed by atoms with Gasteiger partial charge in [0, 0.05) is 43.6 Å². The molecular weight excluding hydrogens is 337 g/mol. The second kappa shape index (κ2) is 6.97. The molecule has 1 unspecified atom stereocenters. The van der Waals surface area contributed by atoms with Crippen LogP contribution in [0.5, 0.6) is 0 Å². The van der Waals surface area contributed by atoms with Crippen molar-refractivity contribution in [3.63, 3.8) is 0 Å². The summed E-state index contributed by atoms with van der Waals surface area (Å²) < 4.78 is 15.8. The maximum atomic E-state index is 14.0. The van der Waals surface area contributed by atoms with Gasteiger partial charge in [-0.05, 0) is 13.3 Å². The van der Waals surface area contributed by atoms with E-state index >= 15 is 0 Å². The second-order valence-electron chi connectivity index (χ2n) is 6.99. The first kappa shape index (κ1) is 16.9. The van der Waals surface area contributed by atoms with E-state index in [4.69, 9.17) is 0 Å². The zero-order valence-corrected chi connectivity index (χ0v) is 14.7. The van der Waals surface area contributed by atoms with Crippen LogP contribution in [0.25, 0.3) is 0 Å². The summed E-state index contributed by atoms with van der Waals surface area (Å²) in [5.41, 5.74) is 0.839. The minimum absolute atomic E-state index is 0.000348. The molecular formula is C17H22FN7O. The number of carbonyl (C=O) groups is 1. The molecule has 138 valence electrons. The number of fused-ring (bicyclic) bond motifs is 1. The summed E-state index contributed by atoms with van der Waals surface area (Å²) in [7, 11) is 0. The average Bonchev–Trinajstić information content (AvgIpc) is 3.25. The fraction of sp³-hybridized carbons (Fsp3) is 0.588. The molecule has 8 nitrogen and oxygen atoms in total. The molecule has 1 N–H and O–H groups in total. The molecule has 4 heterocycles. The first-order valence-corrected chi connectivity index (χ1v) is 8.94. The van der Waals surface area contributed by atoms with Crippen LogP contribution in [0, 0.1) is 12.8 Å². The Morgan fingerprint density at radius 2 is 2.23 bits per heavy atom. The Labute approximate surface area is 150 Å². The molecule has 1 fully saturated rings. The third-order valence-electron chi connectivity index (χ3n) is 5.14. The van der Waals surface area contributed by atoms with Gasteiger partial charge in [-0.15, -0.1) is 0 Å². The minimum atomic E-state index is -0.916. The number of halogens is 1. The Hall–Kier alpha value is -2.58. The van der Waals surface area contributed by atoms with Crippen molar-refractivity contribution in [2.24, 2.45) is 5.92 Å². The predicted octanol–water partition coefficient (Wildman–Crippen LogP) is 0.672. The monoisotopic (exact) mass is 359 g/mol. The van der Waals surface area contributed by atoms with Gasteiger partial charge in [-0.25, -0.2) is 19.3 Å². The number of alkyl halides is 1. The zero-order chi connectivity index (χ0) is 18.1. The Morgan fingerprint density at radius 1 is 1.35 bits per heavy atom. The fourth-order valence-corrected chi connectivity index (χ4v) is 3.75. The maximum absolute atomic E-state index is 14.0. The maximum Gasteiger partial charge on any atom is 0.223 e. The highest BCUT2D eigenvalue weighted by Crippen LogP contribution is 2.26. The van der Waals surface area contributed by atoms with Gasteiger partial charge in [0.25, 0.3) is 0 Å². The molecule has 0 bridgehead atoms. The van der Waals surface area contributed by atoms with E-state index in [0.29, 0.717) is 38.3 Å². The van der Waals surface area contributed by atoms with Crippen LogP contribution in [0.4, 0.5) is 10.2 Å². The van der Waals surface area contributed by atoms with Crippen LogP contribution in [0.2, 0.25) is 0 Å². The second-order valence-corrected chi connectivity index (χ2v) is 6.99. The molecule has 0 spiro atoms. The molecule has 2 aliphatic rings. The van der Waals surface area contributed by atoms with Gasteiger partial charge in [-0.3, -0.25) is 9.48 Å². The van der Waals surface area contributed by atoms with Crippen LogP contribution in [0.15, 0.2) is 18.7 Å². The Balaban J connectivity index is 1.38. The van der Waals surface area contributed by atoms with Gasteiger partial charge in [0.2, 0.25) is 5.91 Å². The van der Waals surface area contributed by atoms with E-state index in [1.807, 2.05) is 22.6 Å². The molecule has 4 rings (SSSR count). The molecule has 9 heteroatoms. The highest BCUT2D eigenvalue weighted by Gasteiger charge is 2.34. The SMILES string of the molecule is Cc1cc(N2C[C@@H](F)C[C@H]2CNC(=O)C2CCn3ncnc3C2)ncn1. The molecule has 0 radical (unpaired) electrons. The average molecular weight is 359 g/mol. The number of rotatable bonds is 4. The molecule has 0 aliphatic carbocycles. The molecule has 1 amide bonds. The number of aryl methyl sites for hydroxylation is 2. The number of anilines is 1. The number of amides is 1. The van der Waals surface area contributed by atoms with E-state index < -0.39 is 6.17 Å². The number of nitrogens with one attached hydrogen (secondary N) is 1. The van der Waals surface area contributed by atoms with Crippen LogP contribution < -0.4 is 10.2 Å². The topological polar surface area (TPSA) is 88.8 Å². The lowest BCUT2D eigenvalue weighted by Crippen LogP contribution is -2.43. The fourth-order valence-electron chi connectivity index (χ4n) is 3.75. The summed E-state index contributed by atoms with van der Waals surface area (Å²) in [4.78, 5) is 27.0. The summed E-state index contributed by atoms with van der Waals surface area (Å²) in [6, 6.07) is 1.75. The first-order valence-electron chi connectivity index (χ1n) is 8.94. The van der Waals surface area contributed by atoms with Crippen molar-refractivity contribution in [3.05, 3.63) is 30.2 Å². The highest BCUT2D eigenvalue weighted by atomic mass is 19.1. The first-order chi connectivity index (χ1) is 12.6. The molecule has 2 aromatic rings. The van der Waals surface area contributed by atoms with E-state index in [0.717, 1.165) is 17.9 Å². The quantitative estimate of drug-likeness (QED) is 0.863. The van der Waals surface area contributed by atoms with E-state index in [-0.39, 0.29) is 17.9 Å². The van der Waals surface area contributed by atoms with E-state index in [1.165, 1.54) is 12.7 Å². The van der Waals surface area contributed by atoms with Crippen LogP contribution in [0.1, 0.15) is 24.4 Å². The van der Waals surface area contributed by atoms with Crippen LogP contribution >= 0.6 is 0 Å². The third-order valence-corrected chi connectivity index (χ3v) is 5.14. The van der Waals surface area contributed by atoms with Crippen molar-refractivity contribution >= 4 is 11.7 Å². The van der Waals surface area contributed by atoms with Crippen LogP contribution in [-0.2, 0) is 17.8 Å². The summed E-state index contributed by atoms with van der Waals surface area (Å²) in [6.45, 7) is 3.29. The predicted molar refractivity (Wildman–Crippen MR) is 92.3 cm³/mol. The number of hydrogen-bond acceptors (Lipinski definition) is 6. The summed E-state index contributed by atoms with van der Waals surface area (Å²) in [5, 5.41) is 7.14. The highest BCUT2D eigenvalue weighted by molar-refractivity contribution is 5.79. The largest absolute Gasteiger partial charge is 0.354 e. The summed E-state index contributed by atoms with van der Waals surface area (Å²) in [5.74, 6) is 1.45. The smallest absolute Gasteiger partial charge is 0.223 e. The van der Waals surface area contributed by atoms with Gasteiger partial charge < -0.3 is 10.2 Å². The van der Waals surface area contributed by atoms with Crippen LogP contribution in [-0.4, -0.2) is 55.9 Å². The molecule has 0 saturated carbocycles. The lowest BCUT2D eigenvalue weighted by molar-refractivity contribution is -0.125. The molecule has 3 atom stereocenters. The Bertz CT molecular complexity index is 795. The van der Waals surface area contributed by atoms with E-state index in [2.05, 4.69) is 25.4 Å². The zero-order valence-electron chi connectivity index (χ0n) is 14.7. The number of nitrogens with zero attached hydrogens (tertiary/aromatic N) is 6. The lowest BCUT2D eigenvalue weighted by atomic mass is 9.97. The number of aromatic nitrogens is 5. The van der Waals surface area contributed by atoms with Gasteiger partial charge in [0.15, 0.2) is 0 Å². The molecule has 0 aromatic carbocycles. The van der Waals surface area contributed by atoms with E-state index in [1.54, 1.807) is 0 Å². The van der Waals surface area contributed by atoms with Gasteiger partial charge in [-0.2, -0.15) is 5.10 Å². The lowest BCUT2D eigenvalue weighted by Gasteiger charge is -2.27. The van der Waals surface area contributed by atoms with Gasteiger partial charge in [0.1, 0.15) is 30.5 Å². The van der Waals surface area contributed by atoms with Crippen molar-refractivity contribution in [2.75, 3.05) is 18.0 Å². The Kier molecular flexibility index (Phi) is 4.52. The van der Waals surface area contributed by atoms with Crippen molar-refractivity contribution in [3.8, 4) is 0 Å². The molecule has 26 heavy (non-hydrogen) atoms. The number of hydrogen-bond donors (Lipinski definition) is 1. The minimum Gasteiger partial charge on any atom is -0.354 e. The van der Waals surface area contributed by atoms with E-state index in [9.17, 15) is 9.18 Å².